The normalized spacial score (nSPS) is 8.81. The maximum Gasteiger partial charge on any atom is 0.339 e. The summed E-state index contributed by atoms with van der Waals surface area (Å²) in [4.78, 5) is 31.2. The van der Waals surface area contributed by atoms with E-state index in [0.717, 1.165) is 6.08 Å². The molecule has 7 nitrogen and oxygen atoms in total. The lowest BCUT2D eigenvalue weighted by Gasteiger charge is -2.05. The predicted molar refractivity (Wildman–Crippen MR) is 76.1 cm³/mol. The zero-order chi connectivity index (χ0) is 16.6. The van der Waals surface area contributed by atoms with Gasteiger partial charge < -0.3 is 20.7 Å². The first-order chi connectivity index (χ1) is 9.68. The summed E-state index contributed by atoms with van der Waals surface area (Å²) in [5, 5.41) is 16.7. The molecular weight excluding hydrogens is 278 g/mol. The lowest BCUT2D eigenvalue weighted by Crippen LogP contribution is -2.08. The molecule has 0 atom stereocenters. The smallest absolute Gasteiger partial charge is 0.339 e. The van der Waals surface area contributed by atoms with E-state index in [1.807, 2.05) is 0 Å². The number of hydrogen-bond donors (Lipinski definition) is 3. The third kappa shape index (κ3) is 6.58. The molecule has 4 N–H and O–H groups in total. The Morgan fingerprint density at radius 2 is 1.81 bits per heavy atom. The van der Waals surface area contributed by atoms with Crippen molar-refractivity contribution < 1.29 is 29.3 Å². The molecule has 112 valence electrons. The van der Waals surface area contributed by atoms with Gasteiger partial charge in [-0.05, 0) is 25.1 Å². The fourth-order valence-electron chi connectivity index (χ4n) is 0.954. The van der Waals surface area contributed by atoms with Gasteiger partial charge in [0.2, 0.25) is 0 Å². The first kappa shape index (κ1) is 17.9. The minimum atomic E-state index is -1.21. The average molecular weight is 293 g/mol. The minimum Gasteiger partial charge on any atom is -0.478 e. The van der Waals surface area contributed by atoms with E-state index in [9.17, 15) is 14.4 Å². The van der Waals surface area contributed by atoms with Gasteiger partial charge in [-0.3, -0.25) is 0 Å². The molecule has 0 aliphatic carbocycles. The summed E-state index contributed by atoms with van der Waals surface area (Å²) in [6.45, 7) is 7.80. The number of nitrogens with two attached hydrogens (primary N) is 1. The number of carbonyl (C=O) groups is 3. The van der Waals surface area contributed by atoms with Crippen molar-refractivity contribution in [1.82, 2.24) is 0 Å². The average Bonchev–Trinajstić information content (AvgIpc) is 2.40. The molecule has 1 aromatic rings. The van der Waals surface area contributed by atoms with E-state index in [0.29, 0.717) is 0 Å². The molecule has 0 heterocycles. The molecule has 0 amide bonds. The van der Waals surface area contributed by atoms with Crippen molar-refractivity contribution in [3.05, 3.63) is 48.6 Å². The first-order valence-electron chi connectivity index (χ1n) is 5.55. The van der Waals surface area contributed by atoms with E-state index in [1.54, 1.807) is 0 Å². The van der Waals surface area contributed by atoms with Crippen LogP contribution in [-0.2, 0) is 9.59 Å². The van der Waals surface area contributed by atoms with E-state index in [4.69, 9.17) is 20.7 Å². The molecule has 0 aliphatic rings. The van der Waals surface area contributed by atoms with Crippen LogP contribution in [0.4, 0.5) is 5.69 Å². The second-order valence-corrected chi connectivity index (χ2v) is 3.77. The van der Waals surface area contributed by atoms with Crippen LogP contribution in [0, 0.1) is 0 Å². The molecule has 0 aromatic heterocycles. The Morgan fingerprint density at radius 1 is 1.29 bits per heavy atom. The molecule has 1 rings (SSSR count). The third-order valence-electron chi connectivity index (χ3n) is 1.98. The van der Waals surface area contributed by atoms with Crippen LogP contribution in [0.3, 0.4) is 0 Å². The van der Waals surface area contributed by atoms with Crippen LogP contribution in [0.1, 0.15) is 17.3 Å². The Hall–Kier alpha value is -3.09. The van der Waals surface area contributed by atoms with Gasteiger partial charge in [0.25, 0.3) is 0 Å². The number of carbonyl (C=O) groups excluding carboxylic acids is 1. The second kappa shape index (κ2) is 8.16. The standard InChI is InChI=1S/C10H9NO4.C4H6O2/c1-2-9(12)15-8-4-3-6(11)5-7(8)10(13)14;1-3(2)4(5)6/h2-5H,1,11H2,(H,13,14);1H2,2H3,(H,5,6). The van der Waals surface area contributed by atoms with Crippen molar-refractivity contribution in [2.45, 2.75) is 6.92 Å². The summed E-state index contributed by atoms with van der Waals surface area (Å²) in [5.41, 5.74) is 5.70. The molecule has 7 heteroatoms. The van der Waals surface area contributed by atoms with Gasteiger partial charge in [0.1, 0.15) is 11.3 Å². The Kier molecular flexibility index (Phi) is 6.96. The molecular formula is C14H15NO6. The maximum absolute atomic E-state index is 10.9. The highest BCUT2D eigenvalue weighted by Crippen LogP contribution is 2.21. The monoisotopic (exact) mass is 293 g/mol. The number of ether oxygens (including phenoxy) is 1. The topological polar surface area (TPSA) is 127 Å². The summed E-state index contributed by atoms with van der Waals surface area (Å²) in [6, 6.07) is 3.98. The Morgan fingerprint density at radius 3 is 2.19 bits per heavy atom. The van der Waals surface area contributed by atoms with Gasteiger partial charge in [-0.2, -0.15) is 0 Å². The molecule has 0 saturated carbocycles. The van der Waals surface area contributed by atoms with Crippen LogP contribution in [-0.4, -0.2) is 28.1 Å². The van der Waals surface area contributed by atoms with E-state index in [-0.39, 0.29) is 22.6 Å². The fraction of sp³-hybridized carbons (Fsp3) is 0.0714. The quantitative estimate of drug-likeness (QED) is 0.333. The van der Waals surface area contributed by atoms with Crippen molar-refractivity contribution >= 4 is 23.6 Å². The number of aromatic carboxylic acids is 1. The van der Waals surface area contributed by atoms with Crippen molar-refractivity contribution in [2.24, 2.45) is 0 Å². The summed E-state index contributed by atoms with van der Waals surface area (Å²) in [6.07, 6.45) is 0.946. The van der Waals surface area contributed by atoms with Crippen molar-refractivity contribution in [3.8, 4) is 5.75 Å². The molecule has 21 heavy (non-hydrogen) atoms. The molecule has 0 fully saturated rings. The zero-order valence-corrected chi connectivity index (χ0v) is 11.3. The number of hydrogen-bond acceptors (Lipinski definition) is 5. The first-order valence-corrected chi connectivity index (χ1v) is 5.55. The summed E-state index contributed by atoms with van der Waals surface area (Å²) < 4.78 is 4.72. The van der Waals surface area contributed by atoms with Crippen LogP contribution in [0.25, 0.3) is 0 Å². The van der Waals surface area contributed by atoms with Crippen molar-refractivity contribution in [1.29, 1.82) is 0 Å². The number of carboxylic acid groups (broad SMARTS) is 2. The van der Waals surface area contributed by atoms with Crippen LogP contribution < -0.4 is 10.5 Å². The number of carboxylic acids is 2. The van der Waals surface area contributed by atoms with Gasteiger partial charge in [-0.15, -0.1) is 0 Å². The molecule has 0 aliphatic heterocycles. The van der Waals surface area contributed by atoms with Gasteiger partial charge in [0.05, 0.1) is 0 Å². The fourth-order valence-corrected chi connectivity index (χ4v) is 0.954. The zero-order valence-electron chi connectivity index (χ0n) is 11.3. The SMILES string of the molecule is C=C(C)C(=O)O.C=CC(=O)Oc1ccc(N)cc1C(=O)O. The number of rotatable bonds is 4. The van der Waals surface area contributed by atoms with E-state index in [2.05, 4.69) is 13.2 Å². The van der Waals surface area contributed by atoms with Crippen molar-refractivity contribution in [2.75, 3.05) is 5.73 Å². The van der Waals surface area contributed by atoms with Gasteiger partial charge >= 0.3 is 17.9 Å². The number of esters is 1. The summed E-state index contributed by atoms with van der Waals surface area (Å²) in [5.74, 6) is -2.92. The van der Waals surface area contributed by atoms with Crippen LogP contribution in [0.5, 0.6) is 5.75 Å². The highest BCUT2D eigenvalue weighted by molar-refractivity contribution is 5.94. The van der Waals surface area contributed by atoms with Gasteiger partial charge in [0, 0.05) is 17.3 Å². The number of benzene rings is 1. The molecule has 0 radical (unpaired) electrons. The van der Waals surface area contributed by atoms with Crippen molar-refractivity contribution in [3.63, 3.8) is 0 Å². The Bertz CT molecular complexity index is 579. The third-order valence-corrected chi connectivity index (χ3v) is 1.98. The molecule has 0 spiro atoms. The summed E-state index contributed by atoms with van der Waals surface area (Å²) >= 11 is 0. The van der Waals surface area contributed by atoms with Gasteiger partial charge in [0.15, 0.2) is 0 Å². The Labute approximate surface area is 121 Å². The highest BCUT2D eigenvalue weighted by atomic mass is 16.5. The van der Waals surface area contributed by atoms with Gasteiger partial charge in [-0.1, -0.05) is 13.2 Å². The molecule has 0 saturated heterocycles. The van der Waals surface area contributed by atoms with Gasteiger partial charge in [-0.25, -0.2) is 14.4 Å². The molecule has 0 bridgehead atoms. The van der Waals surface area contributed by atoms with Crippen LogP contribution >= 0.6 is 0 Å². The largest absolute Gasteiger partial charge is 0.478 e. The second-order valence-electron chi connectivity index (χ2n) is 3.77. The van der Waals surface area contributed by atoms with Crippen LogP contribution in [0.15, 0.2) is 43.0 Å². The lowest BCUT2D eigenvalue weighted by molar-refractivity contribution is -0.132. The van der Waals surface area contributed by atoms with E-state index in [1.165, 1.54) is 25.1 Å². The molecule has 0 unspecified atom stereocenters. The Balaban J connectivity index is 0.000000567. The number of anilines is 1. The lowest BCUT2D eigenvalue weighted by atomic mass is 10.2. The predicted octanol–water partition coefficient (Wildman–Crippen LogP) is 1.71. The summed E-state index contributed by atoms with van der Waals surface area (Å²) in [7, 11) is 0. The van der Waals surface area contributed by atoms with Crippen LogP contribution in [0.2, 0.25) is 0 Å². The highest BCUT2D eigenvalue weighted by Gasteiger charge is 2.13. The maximum atomic E-state index is 10.9. The molecule has 1 aromatic carbocycles. The number of aliphatic carboxylic acids is 1. The number of nitrogen functional groups attached to an aromatic ring is 1. The minimum absolute atomic E-state index is 0.0541. The van der Waals surface area contributed by atoms with E-state index < -0.39 is 17.9 Å². The van der Waals surface area contributed by atoms with E-state index >= 15 is 0 Å².